The second-order valence-electron chi connectivity index (χ2n) is 5.36. The Bertz CT molecular complexity index is 788. The minimum atomic E-state index is -0.157. The fourth-order valence-electron chi connectivity index (χ4n) is 2.72. The summed E-state index contributed by atoms with van der Waals surface area (Å²) in [6, 6.07) is 0. The Morgan fingerprint density at radius 2 is 2.39 bits per heavy atom. The zero-order valence-electron chi connectivity index (χ0n) is 12.7. The van der Waals surface area contributed by atoms with Crippen molar-refractivity contribution >= 4 is 28.3 Å². The smallest absolute Gasteiger partial charge is 0.183 e. The van der Waals surface area contributed by atoms with Crippen LogP contribution in [0.15, 0.2) is 17.2 Å². The first-order valence-corrected chi connectivity index (χ1v) is 8.37. The van der Waals surface area contributed by atoms with E-state index in [1.165, 1.54) is 0 Å². The Labute approximate surface area is 137 Å². The lowest BCUT2D eigenvalue weighted by Gasteiger charge is -2.31. The van der Waals surface area contributed by atoms with E-state index in [1.807, 2.05) is 12.6 Å². The summed E-state index contributed by atoms with van der Waals surface area (Å²) in [6.45, 7) is 3.12. The number of aromatic nitrogens is 5. The average molecular weight is 331 g/mol. The first kappa shape index (κ1) is 14.5. The second-order valence-corrected chi connectivity index (χ2v) is 6.07. The molecule has 0 saturated carbocycles. The average Bonchev–Trinajstić information content (AvgIpc) is 3.25. The van der Waals surface area contributed by atoms with Gasteiger partial charge in [0.25, 0.3) is 0 Å². The number of fused-ring (bicyclic) bond motifs is 1. The van der Waals surface area contributed by atoms with Gasteiger partial charge in [0.05, 0.1) is 24.1 Å². The highest BCUT2D eigenvalue weighted by Crippen LogP contribution is 2.24. The summed E-state index contributed by atoms with van der Waals surface area (Å²) in [5, 5.41) is 5.16. The first-order valence-electron chi connectivity index (χ1n) is 7.43. The van der Waals surface area contributed by atoms with E-state index in [1.54, 1.807) is 17.7 Å². The third kappa shape index (κ3) is 2.90. The number of ether oxygens (including phenoxy) is 1. The number of hydrogen-bond donors (Lipinski definition) is 2. The number of anilines is 1. The molecule has 0 amide bonds. The molecule has 9 heteroatoms. The Kier molecular flexibility index (Phi) is 3.90. The quantitative estimate of drug-likeness (QED) is 0.747. The van der Waals surface area contributed by atoms with Gasteiger partial charge in [0, 0.05) is 32.1 Å². The predicted molar refractivity (Wildman–Crippen MR) is 87.3 cm³/mol. The van der Waals surface area contributed by atoms with Gasteiger partial charge in [0.1, 0.15) is 11.6 Å². The second kappa shape index (κ2) is 6.19. The molecule has 1 aliphatic heterocycles. The van der Waals surface area contributed by atoms with Gasteiger partial charge in [-0.05, 0) is 0 Å². The fourth-order valence-corrected chi connectivity index (χ4v) is 3.27. The van der Waals surface area contributed by atoms with E-state index in [0.717, 1.165) is 36.7 Å². The summed E-state index contributed by atoms with van der Waals surface area (Å²) < 4.78 is 5.89. The zero-order chi connectivity index (χ0) is 15.6. The Balaban J connectivity index is 1.57. The van der Waals surface area contributed by atoms with Crippen LogP contribution in [0.25, 0.3) is 11.2 Å². The highest BCUT2D eigenvalue weighted by Gasteiger charge is 2.26. The van der Waals surface area contributed by atoms with Crippen LogP contribution in [0.1, 0.15) is 17.6 Å². The van der Waals surface area contributed by atoms with Crippen molar-refractivity contribution in [1.29, 1.82) is 0 Å². The van der Waals surface area contributed by atoms with Gasteiger partial charge in [-0.25, -0.2) is 19.9 Å². The highest BCUT2D eigenvalue weighted by molar-refractivity contribution is 7.07. The molecule has 3 aromatic rings. The lowest BCUT2D eigenvalue weighted by Crippen LogP contribution is -2.38. The Morgan fingerprint density at radius 3 is 3.22 bits per heavy atom. The lowest BCUT2D eigenvalue weighted by molar-refractivity contribution is -0.0373. The molecule has 1 unspecified atom stereocenters. The Hall–Kier alpha value is -2.10. The van der Waals surface area contributed by atoms with Crippen molar-refractivity contribution < 1.29 is 4.74 Å². The summed E-state index contributed by atoms with van der Waals surface area (Å²) in [7, 11) is 1.84. The van der Waals surface area contributed by atoms with Crippen molar-refractivity contribution in [3.05, 3.63) is 28.7 Å². The summed E-state index contributed by atoms with van der Waals surface area (Å²) in [5.74, 6) is 1.40. The van der Waals surface area contributed by atoms with Crippen LogP contribution < -0.4 is 5.32 Å². The molecule has 0 aliphatic carbocycles. The van der Waals surface area contributed by atoms with Gasteiger partial charge in [-0.15, -0.1) is 11.3 Å². The van der Waals surface area contributed by atoms with Crippen LogP contribution in [0.4, 0.5) is 5.82 Å². The molecule has 1 saturated heterocycles. The largest absolute Gasteiger partial charge is 0.371 e. The van der Waals surface area contributed by atoms with Gasteiger partial charge in [-0.3, -0.25) is 4.90 Å². The van der Waals surface area contributed by atoms with Crippen LogP contribution in [0.5, 0.6) is 0 Å². The molecule has 120 valence electrons. The number of morpholine rings is 1. The number of thiazole rings is 1. The van der Waals surface area contributed by atoms with E-state index in [-0.39, 0.29) is 6.10 Å². The van der Waals surface area contributed by atoms with E-state index < -0.39 is 0 Å². The molecule has 2 N–H and O–H groups in total. The van der Waals surface area contributed by atoms with Crippen molar-refractivity contribution in [2.24, 2.45) is 0 Å². The topological polar surface area (TPSA) is 91.8 Å². The minimum Gasteiger partial charge on any atom is -0.371 e. The third-order valence-corrected chi connectivity index (χ3v) is 4.48. The first-order chi connectivity index (χ1) is 11.3. The molecule has 0 aromatic carbocycles. The predicted octanol–water partition coefficient (Wildman–Crippen LogP) is 1.42. The van der Waals surface area contributed by atoms with Gasteiger partial charge in [-0.1, -0.05) is 0 Å². The number of imidazole rings is 1. The minimum absolute atomic E-state index is 0.157. The van der Waals surface area contributed by atoms with Crippen molar-refractivity contribution in [3.63, 3.8) is 0 Å². The molecule has 0 spiro atoms. The third-order valence-electron chi connectivity index (χ3n) is 3.85. The van der Waals surface area contributed by atoms with E-state index >= 15 is 0 Å². The van der Waals surface area contributed by atoms with Gasteiger partial charge in [0.15, 0.2) is 17.3 Å². The normalized spacial score (nSPS) is 19.3. The van der Waals surface area contributed by atoms with Gasteiger partial charge < -0.3 is 15.0 Å². The molecular weight excluding hydrogens is 314 g/mol. The number of H-pyrrole nitrogens is 1. The maximum Gasteiger partial charge on any atom is 0.183 e. The number of hydrogen-bond acceptors (Lipinski definition) is 8. The van der Waals surface area contributed by atoms with Gasteiger partial charge in [-0.2, -0.15) is 0 Å². The molecule has 0 radical (unpaired) electrons. The van der Waals surface area contributed by atoms with Crippen molar-refractivity contribution in [2.75, 3.05) is 32.1 Å². The Morgan fingerprint density at radius 1 is 1.43 bits per heavy atom. The van der Waals surface area contributed by atoms with E-state index in [9.17, 15) is 0 Å². The van der Waals surface area contributed by atoms with E-state index in [4.69, 9.17) is 4.74 Å². The van der Waals surface area contributed by atoms with Crippen molar-refractivity contribution in [1.82, 2.24) is 29.8 Å². The van der Waals surface area contributed by atoms with Crippen LogP contribution >= 0.6 is 11.3 Å². The molecule has 0 bridgehead atoms. The standard InChI is InChI=1S/C14H17N7OS/c1-15-13-11-14(17-7-16-11)20-12(19-13)10-5-21(2-3-22-10)4-9-6-23-8-18-9/h6-8,10H,2-5H2,1H3,(H2,15,16,17,19,20). The van der Waals surface area contributed by atoms with Crippen LogP contribution in [-0.4, -0.2) is 56.6 Å². The monoisotopic (exact) mass is 331 g/mol. The number of nitrogens with zero attached hydrogens (tertiary/aromatic N) is 5. The van der Waals surface area contributed by atoms with Crippen molar-refractivity contribution in [3.8, 4) is 0 Å². The van der Waals surface area contributed by atoms with Crippen LogP contribution in [0.3, 0.4) is 0 Å². The summed E-state index contributed by atoms with van der Waals surface area (Å²) >= 11 is 1.62. The fraction of sp³-hybridized carbons (Fsp3) is 0.429. The molecule has 4 heterocycles. The van der Waals surface area contributed by atoms with Crippen LogP contribution in [-0.2, 0) is 11.3 Å². The SMILES string of the molecule is CNc1nc(C2CN(Cc3cscn3)CCO2)nc2nc[nH]c12. The maximum absolute atomic E-state index is 5.89. The maximum atomic E-state index is 5.89. The number of rotatable bonds is 4. The van der Waals surface area contributed by atoms with Crippen molar-refractivity contribution in [2.45, 2.75) is 12.6 Å². The van der Waals surface area contributed by atoms with E-state index in [0.29, 0.717) is 18.1 Å². The molecule has 4 rings (SSSR count). The number of aromatic amines is 1. The zero-order valence-corrected chi connectivity index (χ0v) is 13.5. The summed E-state index contributed by atoms with van der Waals surface area (Å²) in [6.07, 6.45) is 1.47. The molecule has 8 nitrogen and oxygen atoms in total. The highest BCUT2D eigenvalue weighted by atomic mass is 32.1. The van der Waals surface area contributed by atoms with Crippen LogP contribution in [0.2, 0.25) is 0 Å². The number of nitrogens with one attached hydrogen (secondary N) is 2. The molecular formula is C14H17N7OS. The molecule has 1 fully saturated rings. The molecule has 3 aromatic heterocycles. The van der Waals surface area contributed by atoms with Crippen LogP contribution in [0, 0.1) is 0 Å². The van der Waals surface area contributed by atoms with Gasteiger partial charge in [0.2, 0.25) is 0 Å². The lowest BCUT2D eigenvalue weighted by atomic mass is 10.2. The molecule has 1 atom stereocenters. The van der Waals surface area contributed by atoms with E-state index in [2.05, 4.69) is 40.5 Å². The molecule has 1 aliphatic rings. The summed E-state index contributed by atoms with van der Waals surface area (Å²) in [4.78, 5) is 23.1. The van der Waals surface area contributed by atoms with Gasteiger partial charge >= 0.3 is 0 Å². The molecule has 23 heavy (non-hydrogen) atoms. The summed E-state index contributed by atoms with van der Waals surface area (Å²) in [5.41, 5.74) is 4.42.